The van der Waals surface area contributed by atoms with E-state index in [2.05, 4.69) is 6.92 Å². The number of halogens is 2. The third-order valence-corrected chi connectivity index (χ3v) is 3.46. The lowest BCUT2D eigenvalue weighted by Crippen LogP contribution is -2.30. The summed E-state index contributed by atoms with van der Waals surface area (Å²) in [5.74, 6) is 0.0647. The maximum absolute atomic E-state index is 13.1. The quantitative estimate of drug-likeness (QED) is 0.867. The summed E-state index contributed by atoms with van der Waals surface area (Å²) >= 11 is 6.01. The van der Waals surface area contributed by atoms with Crippen molar-refractivity contribution in [2.75, 3.05) is 6.61 Å². The molecule has 2 nitrogen and oxygen atoms in total. The van der Waals surface area contributed by atoms with Crippen molar-refractivity contribution in [2.45, 2.75) is 25.5 Å². The molecule has 0 amide bonds. The molecule has 16 heavy (non-hydrogen) atoms. The van der Waals surface area contributed by atoms with Crippen molar-refractivity contribution >= 4 is 11.6 Å². The second-order valence-electron chi connectivity index (χ2n) is 4.29. The van der Waals surface area contributed by atoms with Crippen LogP contribution in [0.25, 0.3) is 0 Å². The van der Waals surface area contributed by atoms with Gasteiger partial charge >= 0.3 is 0 Å². The summed E-state index contributed by atoms with van der Waals surface area (Å²) in [4.78, 5) is 0. The highest BCUT2D eigenvalue weighted by molar-refractivity contribution is 6.31. The molecule has 1 heterocycles. The maximum Gasteiger partial charge on any atom is 0.123 e. The Labute approximate surface area is 99.5 Å². The lowest BCUT2D eigenvalue weighted by Gasteiger charge is -2.23. The van der Waals surface area contributed by atoms with Gasteiger partial charge in [0, 0.05) is 11.6 Å². The van der Waals surface area contributed by atoms with Crippen LogP contribution in [0, 0.1) is 11.7 Å². The second kappa shape index (κ2) is 4.70. The van der Waals surface area contributed by atoms with E-state index >= 15 is 0 Å². The van der Waals surface area contributed by atoms with Crippen molar-refractivity contribution < 1.29 is 9.13 Å². The SMILES string of the molecule is CC1CCOC1C(N)c1cc(F)ccc1Cl. The fraction of sp³-hybridized carbons (Fsp3) is 0.500. The zero-order valence-corrected chi connectivity index (χ0v) is 9.88. The number of hydrogen-bond donors (Lipinski definition) is 1. The molecule has 1 aliphatic rings. The molecule has 0 bridgehead atoms. The second-order valence-corrected chi connectivity index (χ2v) is 4.70. The normalized spacial score (nSPS) is 27.0. The molecule has 3 atom stereocenters. The average Bonchev–Trinajstić information content (AvgIpc) is 2.67. The predicted octanol–water partition coefficient (Wildman–Crippen LogP) is 2.90. The molecule has 2 rings (SSSR count). The van der Waals surface area contributed by atoms with Crippen molar-refractivity contribution in [1.29, 1.82) is 0 Å². The van der Waals surface area contributed by atoms with E-state index in [9.17, 15) is 4.39 Å². The molecular weight excluding hydrogens is 229 g/mol. The highest BCUT2D eigenvalue weighted by Crippen LogP contribution is 2.33. The van der Waals surface area contributed by atoms with E-state index < -0.39 is 0 Å². The molecule has 0 aliphatic carbocycles. The number of nitrogens with two attached hydrogens (primary N) is 1. The first-order valence-corrected chi connectivity index (χ1v) is 5.79. The van der Waals surface area contributed by atoms with Gasteiger partial charge in [0.25, 0.3) is 0 Å². The molecule has 0 saturated carbocycles. The summed E-state index contributed by atoms with van der Waals surface area (Å²) in [5, 5.41) is 0.497. The smallest absolute Gasteiger partial charge is 0.123 e. The van der Waals surface area contributed by atoms with Crippen LogP contribution in [-0.4, -0.2) is 12.7 Å². The number of ether oxygens (including phenoxy) is 1. The molecule has 0 radical (unpaired) electrons. The monoisotopic (exact) mass is 243 g/mol. The minimum Gasteiger partial charge on any atom is -0.376 e. The van der Waals surface area contributed by atoms with Gasteiger partial charge in [-0.05, 0) is 36.1 Å². The van der Waals surface area contributed by atoms with Crippen molar-refractivity contribution in [3.63, 3.8) is 0 Å². The van der Waals surface area contributed by atoms with Gasteiger partial charge in [-0.3, -0.25) is 0 Å². The Hall–Kier alpha value is -0.640. The van der Waals surface area contributed by atoms with Gasteiger partial charge in [0.2, 0.25) is 0 Å². The summed E-state index contributed by atoms with van der Waals surface area (Å²) in [6.07, 6.45) is 0.921. The molecule has 1 aromatic carbocycles. The van der Waals surface area contributed by atoms with Crippen LogP contribution < -0.4 is 5.73 Å². The fourth-order valence-electron chi connectivity index (χ4n) is 2.12. The van der Waals surface area contributed by atoms with Gasteiger partial charge in [0.1, 0.15) is 5.82 Å². The molecule has 4 heteroatoms. The Morgan fingerprint density at radius 2 is 2.31 bits per heavy atom. The van der Waals surface area contributed by atoms with Gasteiger partial charge in [-0.25, -0.2) is 4.39 Å². The van der Waals surface area contributed by atoms with Gasteiger partial charge in [-0.1, -0.05) is 18.5 Å². The molecule has 1 fully saturated rings. The molecule has 1 aromatic rings. The van der Waals surface area contributed by atoms with Gasteiger partial charge < -0.3 is 10.5 Å². The summed E-state index contributed by atoms with van der Waals surface area (Å²) in [6.45, 7) is 2.80. The predicted molar refractivity (Wildman–Crippen MR) is 61.9 cm³/mol. The Balaban J connectivity index is 2.25. The van der Waals surface area contributed by atoms with E-state index in [-0.39, 0.29) is 18.0 Å². The Bertz CT molecular complexity index is 385. The highest BCUT2D eigenvalue weighted by atomic mass is 35.5. The summed E-state index contributed by atoms with van der Waals surface area (Å²) in [5.41, 5.74) is 6.71. The fourth-order valence-corrected chi connectivity index (χ4v) is 2.37. The van der Waals surface area contributed by atoms with Crippen molar-refractivity contribution in [2.24, 2.45) is 11.7 Å². The Morgan fingerprint density at radius 1 is 1.56 bits per heavy atom. The summed E-state index contributed by atoms with van der Waals surface area (Å²) < 4.78 is 18.7. The standard InChI is InChI=1S/C12H15ClFNO/c1-7-4-5-16-12(7)11(15)9-6-8(14)2-3-10(9)13/h2-3,6-7,11-12H,4-5,15H2,1H3. The van der Waals surface area contributed by atoms with Crippen LogP contribution in [0.15, 0.2) is 18.2 Å². The summed E-state index contributed by atoms with van der Waals surface area (Å²) in [7, 11) is 0. The molecule has 1 aliphatic heterocycles. The molecule has 0 aromatic heterocycles. The van der Waals surface area contributed by atoms with E-state index in [4.69, 9.17) is 22.1 Å². The van der Waals surface area contributed by atoms with E-state index in [1.54, 1.807) is 0 Å². The minimum absolute atomic E-state index is 0.0701. The largest absolute Gasteiger partial charge is 0.376 e. The van der Waals surface area contributed by atoms with Crippen LogP contribution >= 0.6 is 11.6 Å². The highest BCUT2D eigenvalue weighted by Gasteiger charge is 2.31. The van der Waals surface area contributed by atoms with E-state index in [1.807, 2.05) is 0 Å². The van der Waals surface area contributed by atoms with Gasteiger partial charge in [-0.2, -0.15) is 0 Å². The first-order valence-electron chi connectivity index (χ1n) is 5.41. The molecular formula is C12H15ClFNO. The number of rotatable bonds is 2. The van der Waals surface area contributed by atoms with Gasteiger partial charge in [0.15, 0.2) is 0 Å². The first-order chi connectivity index (χ1) is 7.59. The molecule has 3 unspecified atom stereocenters. The van der Waals surface area contributed by atoms with Crippen LogP contribution in [0.5, 0.6) is 0 Å². The minimum atomic E-state index is -0.360. The Morgan fingerprint density at radius 3 is 2.94 bits per heavy atom. The van der Waals surface area contributed by atoms with E-state index in [0.29, 0.717) is 23.1 Å². The third-order valence-electron chi connectivity index (χ3n) is 3.12. The van der Waals surface area contributed by atoms with Gasteiger partial charge in [0.05, 0.1) is 12.1 Å². The number of hydrogen-bond acceptors (Lipinski definition) is 2. The zero-order chi connectivity index (χ0) is 11.7. The summed E-state index contributed by atoms with van der Waals surface area (Å²) in [6, 6.07) is 3.89. The zero-order valence-electron chi connectivity index (χ0n) is 9.12. The van der Waals surface area contributed by atoms with Gasteiger partial charge in [-0.15, -0.1) is 0 Å². The average molecular weight is 244 g/mol. The lowest BCUT2D eigenvalue weighted by molar-refractivity contribution is 0.0724. The van der Waals surface area contributed by atoms with Crippen molar-refractivity contribution in [1.82, 2.24) is 0 Å². The van der Waals surface area contributed by atoms with Crippen LogP contribution in [0.3, 0.4) is 0 Å². The van der Waals surface area contributed by atoms with Crippen LogP contribution in [0.2, 0.25) is 5.02 Å². The molecule has 2 N–H and O–H groups in total. The van der Waals surface area contributed by atoms with E-state index in [0.717, 1.165) is 6.42 Å². The molecule has 88 valence electrons. The number of benzene rings is 1. The maximum atomic E-state index is 13.1. The van der Waals surface area contributed by atoms with Crippen LogP contribution in [0.1, 0.15) is 24.9 Å². The molecule has 0 spiro atoms. The molecule has 1 saturated heterocycles. The Kier molecular flexibility index (Phi) is 3.47. The van der Waals surface area contributed by atoms with Crippen molar-refractivity contribution in [3.05, 3.63) is 34.6 Å². The van der Waals surface area contributed by atoms with Crippen LogP contribution in [-0.2, 0) is 4.74 Å². The van der Waals surface area contributed by atoms with Crippen molar-refractivity contribution in [3.8, 4) is 0 Å². The topological polar surface area (TPSA) is 35.2 Å². The van der Waals surface area contributed by atoms with E-state index in [1.165, 1.54) is 18.2 Å². The first kappa shape index (κ1) is 11.8. The van der Waals surface area contributed by atoms with Crippen LogP contribution in [0.4, 0.5) is 4.39 Å². The third kappa shape index (κ3) is 2.21. The lowest BCUT2D eigenvalue weighted by atomic mass is 9.93.